The van der Waals surface area contributed by atoms with Crippen molar-refractivity contribution in [3.63, 3.8) is 0 Å². The average Bonchev–Trinajstić information content (AvgIpc) is 3.42. The Morgan fingerprint density at radius 2 is 1.94 bits per heavy atom. The van der Waals surface area contributed by atoms with E-state index in [4.69, 9.17) is 0 Å². The lowest BCUT2D eigenvalue weighted by Crippen LogP contribution is -2.42. The lowest BCUT2D eigenvalue weighted by molar-refractivity contribution is -0.123. The zero-order chi connectivity index (χ0) is 23.1. The van der Waals surface area contributed by atoms with Gasteiger partial charge >= 0.3 is 0 Å². The van der Waals surface area contributed by atoms with Crippen molar-refractivity contribution in [3.8, 4) is 0 Å². The molecule has 5 rings (SSSR count). The smallest absolute Gasteiger partial charge is 0.268 e. The topological polar surface area (TPSA) is 93.1 Å². The Morgan fingerprint density at radius 3 is 2.70 bits per heavy atom. The van der Waals surface area contributed by atoms with Crippen LogP contribution in [0.5, 0.6) is 0 Å². The van der Waals surface area contributed by atoms with Crippen molar-refractivity contribution in [2.24, 2.45) is 5.41 Å². The molecule has 2 aliphatic rings. The van der Waals surface area contributed by atoms with E-state index >= 15 is 0 Å². The van der Waals surface area contributed by atoms with E-state index in [1.807, 2.05) is 6.92 Å². The minimum Gasteiger partial charge on any atom is -0.347 e. The third kappa shape index (κ3) is 4.06. The normalized spacial score (nSPS) is 21.3. The fraction of sp³-hybridized carbons (Fsp3) is 0.440. The van der Waals surface area contributed by atoms with Crippen molar-refractivity contribution >= 4 is 26.8 Å². The van der Waals surface area contributed by atoms with Gasteiger partial charge in [0.2, 0.25) is 5.91 Å². The first-order valence-electron chi connectivity index (χ1n) is 11.7. The summed E-state index contributed by atoms with van der Waals surface area (Å²) >= 11 is 0. The highest BCUT2D eigenvalue weighted by Crippen LogP contribution is 2.43. The summed E-state index contributed by atoms with van der Waals surface area (Å²) in [6.07, 6.45) is 10.2. The molecule has 1 saturated heterocycles. The Kier molecular flexibility index (Phi) is 5.74. The predicted octanol–water partition coefficient (Wildman–Crippen LogP) is 3.76. The second-order valence-corrected chi connectivity index (χ2v) is 11.3. The number of hydrogen-bond acceptors (Lipinski definition) is 5. The van der Waals surface area contributed by atoms with Gasteiger partial charge in [-0.15, -0.1) is 0 Å². The summed E-state index contributed by atoms with van der Waals surface area (Å²) in [5.74, 6) is -0.0722. The molecule has 0 bridgehead atoms. The van der Waals surface area contributed by atoms with Crippen LogP contribution in [0.1, 0.15) is 57.2 Å². The first kappa shape index (κ1) is 22.1. The van der Waals surface area contributed by atoms with Gasteiger partial charge in [-0.3, -0.25) is 9.78 Å². The van der Waals surface area contributed by atoms with Crippen molar-refractivity contribution in [2.45, 2.75) is 62.4 Å². The van der Waals surface area contributed by atoms with Crippen LogP contribution in [0.4, 0.5) is 0 Å². The van der Waals surface area contributed by atoms with Gasteiger partial charge in [0.1, 0.15) is 0 Å². The molecule has 174 valence electrons. The highest BCUT2D eigenvalue weighted by Gasteiger charge is 2.42. The van der Waals surface area contributed by atoms with Crippen molar-refractivity contribution < 1.29 is 13.2 Å². The van der Waals surface area contributed by atoms with Crippen LogP contribution in [0.15, 0.2) is 59.8 Å². The molecule has 2 N–H and O–H groups in total. The van der Waals surface area contributed by atoms with Gasteiger partial charge in [0.05, 0.1) is 28.2 Å². The Bertz CT molecular complexity index is 1260. The van der Waals surface area contributed by atoms with E-state index in [0.29, 0.717) is 16.6 Å². The van der Waals surface area contributed by atoms with Gasteiger partial charge in [-0.2, -0.15) is 0 Å². The van der Waals surface area contributed by atoms with Crippen LogP contribution in [0.3, 0.4) is 0 Å². The van der Waals surface area contributed by atoms with Crippen LogP contribution in [0, 0.1) is 5.41 Å². The Hall–Kier alpha value is -2.71. The van der Waals surface area contributed by atoms with E-state index in [0.717, 1.165) is 13.0 Å². The van der Waals surface area contributed by atoms with Crippen LogP contribution in [0.2, 0.25) is 0 Å². The van der Waals surface area contributed by atoms with E-state index < -0.39 is 16.1 Å². The Labute approximate surface area is 194 Å². The second kappa shape index (κ2) is 8.57. The van der Waals surface area contributed by atoms with Gasteiger partial charge in [-0.05, 0) is 55.9 Å². The fourth-order valence-electron chi connectivity index (χ4n) is 5.49. The molecule has 1 aliphatic heterocycles. The number of amides is 1. The van der Waals surface area contributed by atoms with Gasteiger partial charge < -0.3 is 10.6 Å². The molecular formula is C25H30N4O3S. The number of pyridine rings is 1. The zero-order valence-electron chi connectivity index (χ0n) is 18.8. The third-order valence-corrected chi connectivity index (χ3v) is 9.02. The summed E-state index contributed by atoms with van der Waals surface area (Å²) in [5, 5.41) is 7.22. The molecule has 2 atom stereocenters. The molecule has 1 aliphatic carbocycles. The molecule has 1 aromatic carbocycles. The SMILES string of the molecule is C[C@@H](NC(=O)C1CC2(CCCCC2)CN1)c1cc2cnccc2n1S(=O)(=O)c1ccccc1. The van der Waals surface area contributed by atoms with Gasteiger partial charge in [-0.1, -0.05) is 37.5 Å². The summed E-state index contributed by atoms with van der Waals surface area (Å²) in [7, 11) is -3.85. The van der Waals surface area contributed by atoms with Crippen LogP contribution < -0.4 is 10.6 Å². The first-order chi connectivity index (χ1) is 15.9. The first-order valence-corrected chi connectivity index (χ1v) is 13.1. The molecule has 8 heteroatoms. The third-order valence-electron chi connectivity index (χ3n) is 7.26. The summed E-state index contributed by atoms with van der Waals surface area (Å²) in [6.45, 7) is 2.72. The van der Waals surface area contributed by atoms with Gasteiger partial charge in [0.25, 0.3) is 10.0 Å². The zero-order valence-corrected chi connectivity index (χ0v) is 19.6. The molecule has 1 unspecified atom stereocenters. The number of nitrogens with one attached hydrogen (secondary N) is 2. The lowest BCUT2D eigenvalue weighted by Gasteiger charge is -2.32. The maximum absolute atomic E-state index is 13.6. The number of nitrogens with zero attached hydrogens (tertiary/aromatic N) is 2. The molecule has 2 aromatic heterocycles. The number of benzene rings is 1. The standard InChI is InChI=1S/C25H30N4O3S/c1-18(28-24(30)21-15-25(17-27-21)11-6-3-7-12-25)23-14-19-16-26-13-10-22(19)29(23)33(31,32)20-8-4-2-5-9-20/h2,4-5,8-10,13-14,16,18,21,27H,3,6-7,11-12,15,17H2,1H3,(H,28,30)/t18-,21?/m1/s1. The maximum Gasteiger partial charge on any atom is 0.268 e. The van der Waals surface area contributed by atoms with Crippen LogP contribution in [-0.2, 0) is 14.8 Å². The van der Waals surface area contributed by atoms with E-state index in [1.54, 1.807) is 54.9 Å². The minimum absolute atomic E-state index is 0.0722. The molecule has 1 amide bonds. The molecule has 3 aromatic rings. The van der Waals surface area contributed by atoms with Gasteiger partial charge in [-0.25, -0.2) is 12.4 Å². The highest BCUT2D eigenvalue weighted by atomic mass is 32.2. The number of fused-ring (bicyclic) bond motifs is 1. The summed E-state index contributed by atoms with van der Waals surface area (Å²) in [4.78, 5) is 17.5. The van der Waals surface area contributed by atoms with Crippen molar-refractivity contribution in [2.75, 3.05) is 6.54 Å². The van der Waals surface area contributed by atoms with Gasteiger partial charge in [0, 0.05) is 24.3 Å². The quantitative estimate of drug-likeness (QED) is 0.597. The lowest BCUT2D eigenvalue weighted by atomic mass is 9.72. The molecule has 3 heterocycles. The van der Waals surface area contributed by atoms with Crippen molar-refractivity contribution in [1.29, 1.82) is 0 Å². The predicted molar refractivity (Wildman–Crippen MR) is 127 cm³/mol. The van der Waals surface area contributed by atoms with E-state index in [-0.39, 0.29) is 22.3 Å². The summed E-state index contributed by atoms with van der Waals surface area (Å²) in [5.41, 5.74) is 1.30. The molecular weight excluding hydrogens is 436 g/mol. The summed E-state index contributed by atoms with van der Waals surface area (Å²) < 4.78 is 28.5. The van der Waals surface area contributed by atoms with E-state index in [2.05, 4.69) is 15.6 Å². The molecule has 33 heavy (non-hydrogen) atoms. The van der Waals surface area contributed by atoms with E-state index in [1.165, 1.54) is 36.1 Å². The molecule has 0 radical (unpaired) electrons. The van der Waals surface area contributed by atoms with Crippen LogP contribution in [-0.4, -0.2) is 35.9 Å². The summed E-state index contributed by atoms with van der Waals surface area (Å²) in [6, 6.07) is 11.1. The van der Waals surface area contributed by atoms with Crippen LogP contribution in [0.25, 0.3) is 10.9 Å². The molecule has 1 spiro atoms. The minimum atomic E-state index is -3.85. The molecule has 1 saturated carbocycles. The average molecular weight is 467 g/mol. The molecule has 7 nitrogen and oxygen atoms in total. The Balaban J connectivity index is 1.44. The van der Waals surface area contributed by atoms with E-state index in [9.17, 15) is 13.2 Å². The fourth-order valence-corrected chi connectivity index (χ4v) is 7.12. The van der Waals surface area contributed by atoms with Gasteiger partial charge in [0.15, 0.2) is 0 Å². The van der Waals surface area contributed by atoms with Crippen molar-refractivity contribution in [3.05, 3.63) is 60.6 Å². The second-order valence-electron chi connectivity index (χ2n) is 9.51. The maximum atomic E-state index is 13.6. The molecule has 2 fully saturated rings. The largest absolute Gasteiger partial charge is 0.347 e. The number of carbonyl (C=O) groups excluding carboxylic acids is 1. The van der Waals surface area contributed by atoms with Crippen molar-refractivity contribution in [1.82, 2.24) is 19.6 Å². The highest BCUT2D eigenvalue weighted by molar-refractivity contribution is 7.90. The Morgan fingerprint density at radius 1 is 1.18 bits per heavy atom. The monoisotopic (exact) mass is 466 g/mol. The van der Waals surface area contributed by atoms with Crippen LogP contribution >= 0.6 is 0 Å². The number of aromatic nitrogens is 2. The number of carbonyl (C=O) groups is 1. The number of rotatable bonds is 5. The number of hydrogen-bond donors (Lipinski definition) is 2.